The second-order valence-corrected chi connectivity index (χ2v) is 3.85. The summed E-state index contributed by atoms with van der Waals surface area (Å²) in [7, 11) is 5.01. The van der Waals surface area contributed by atoms with Crippen molar-refractivity contribution in [3.8, 4) is 0 Å². The molecule has 1 heterocycles. The molecule has 0 bridgehead atoms. The lowest BCUT2D eigenvalue weighted by molar-refractivity contribution is -0.168. The molecule has 0 radical (unpaired) electrons. The molecule has 0 saturated carbocycles. The normalized spacial score (nSPS) is 10.6. The van der Waals surface area contributed by atoms with E-state index in [1.54, 1.807) is 7.05 Å². The first-order chi connectivity index (χ1) is 7.47. The highest BCUT2D eigenvalue weighted by Crippen LogP contribution is 2.14. The van der Waals surface area contributed by atoms with Gasteiger partial charge in [0, 0.05) is 26.2 Å². The molecular formula is C11H19N3O2. The summed E-state index contributed by atoms with van der Waals surface area (Å²) in [6.45, 7) is 3.98. The summed E-state index contributed by atoms with van der Waals surface area (Å²) < 4.78 is 1.84. The highest BCUT2D eigenvalue weighted by molar-refractivity contribution is 5.75. The van der Waals surface area contributed by atoms with E-state index in [0.29, 0.717) is 12.8 Å². The summed E-state index contributed by atoms with van der Waals surface area (Å²) in [5, 5.41) is 5.57. The fourth-order valence-electron chi connectivity index (χ4n) is 1.67. The van der Waals surface area contributed by atoms with Gasteiger partial charge in [0.1, 0.15) is 0 Å². The Morgan fingerprint density at radius 1 is 1.50 bits per heavy atom. The van der Waals surface area contributed by atoms with Crippen molar-refractivity contribution in [2.75, 3.05) is 14.2 Å². The molecule has 0 aliphatic carbocycles. The predicted molar refractivity (Wildman–Crippen MR) is 60.8 cm³/mol. The summed E-state index contributed by atoms with van der Waals surface area (Å²) in [6, 6.07) is 0. The van der Waals surface area contributed by atoms with Crippen molar-refractivity contribution in [3.05, 3.63) is 17.0 Å². The molecule has 1 rings (SSSR count). The van der Waals surface area contributed by atoms with E-state index in [9.17, 15) is 4.79 Å². The van der Waals surface area contributed by atoms with E-state index in [1.807, 2.05) is 25.6 Å². The predicted octanol–water partition coefficient (Wildman–Crippen LogP) is 0.989. The molecule has 16 heavy (non-hydrogen) atoms. The molecule has 0 atom stereocenters. The van der Waals surface area contributed by atoms with Crippen LogP contribution >= 0.6 is 0 Å². The van der Waals surface area contributed by atoms with Crippen LogP contribution in [0.5, 0.6) is 0 Å². The topological polar surface area (TPSA) is 47.4 Å². The average Bonchev–Trinajstić information content (AvgIpc) is 2.49. The Balaban J connectivity index is 2.65. The molecule has 0 aliphatic heterocycles. The summed E-state index contributed by atoms with van der Waals surface area (Å²) in [5.41, 5.74) is 3.26. The zero-order valence-electron chi connectivity index (χ0n) is 10.6. The van der Waals surface area contributed by atoms with Crippen molar-refractivity contribution in [2.45, 2.75) is 26.7 Å². The molecule has 5 heteroatoms. The third kappa shape index (κ3) is 2.61. The smallest absolute Gasteiger partial charge is 0.246 e. The van der Waals surface area contributed by atoms with E-state index in [-0.39, 0.29) is 5.91 Å². The maximum Gasteiger partial charge on any atom is 0.246 e. The number of hydrogen-bond acceptors (Lipinski definition) is 3. The van der Waals surface area contributed by atoms with Gasteiger partial charge in [-0.15, -0.1) is 0 Å². The first-order valence-electron chi connectivity index (χ1n) is 5.27. The SMILES string of the molecule is CON(C)C(=O)CCc1c(C)nn(C)c1C. The van der Waals surface area contributed by atoms with Crippen molar-refractivity contribution in [3.63, 3.8) is 0 Å². The standard InChI is InChI=1S/C11H19N3O2/c1-8-10(9(2)13(3)12-8)6-7-11(15)14(4)16-5/h6-7H2,1-5H3. The van der Waals surface area contributed by atoms with Crippen LogP contribution in [0.15, 0.2) is 0 Å². The third-order valence-corrected chi connectivity index (χ3v) is 2.87. The lowest BCUT2D eigenvalue weighted by Crippen LogP contribution is -2.25. The van der Waals surface area contributed by atoms with Gasteiger partial charge in [0.25, 0.3) is 0 Å². The van der Waals surface area contributed by atoms with Crippen LogP contribution in [-0.2, 0) is 23.1 Å². The molecule has 0 N–H and O–H groups in total. The van der Waals surface area contributed by atoms with Crippen molar-refractivity contribution in [1.29, 1.82) is 0 Å². The summed E-state index contributed by atoms with van der Waals surface area (Å²) in [5.74, 6) is -0.0230. The van der Waals surface area contributed by atoms with Crippen LogP contribution in [0.3, 0.4) is 0 Å². The van der Waals surface area contributed by atoms with E-state index in [0.717, 1.165) is 17.0 Å². The number of carbonyl (C=O) groups excluding carboxylic acids is 1. The van der Waals surface area contributed by atoms with E-state index in [1.165, 1.54) is 12.2 Å². The Morgan fingerprint density at radius 2 is 2.12 bits per heavy atom. The van der Waals surface area contributed by atoms with Gasteiger partial charge in [0.05, 0.1) is 12.8 Å². The van der Waals surface area contributed by atoms with Gasteiger partial charge >= 0.3 is 0 Å². The van der Waals surface area contributed by atoms with Gasteiger partial charge < -0.3 is 0 Å². The fraction of sp³-hybridized carbons (Fsp3) is 0.636. The van der Waals surface area contributed by atoms with E-state index in [2.05, 4.69) is 5.10 Å². The highest BCUT2D eigenvalue weighted by Gasteiger charge is 2.13. The Labute approximate surface area is 95.9 Å². The van der Waals surface area contributed by atoms with Crippen molar-refractivity contribution in [1.82, 2.24) is 14.8 Å². The minimum absolute atomic E-state index is 0.0230. The number of hydroxylamine groups is 2. The van der Waals surface area contributed by atoms with Crippen molar-refractivity contribution in [2.24, 2.45) is 7.05 Å². The number of rotatable bonds is 4. The lowest BCUT2D eigenvalue weighted by Gasteiger charge is -2.13. The Bertz CT molecular complexity index is 385. The maximum atomic E-state index is 11.6. The second kappa shape index (κ2) is 5.12. The van der Waals surface area contributed by atoms with Gasteiger partial charge in [-0.1, -0.05) is 0 Å². The van der Waals surface area contributed by atoms with Gasteiger partial charge in [0.2, 0.25) is 5.91 Å². The van der Waals surface area contributed by atoms with E-state index >= 15 is 0 Å². The molecule has 1 aromatic rings. The summed E-state index contributed by atoms with van der Waals surface area (Å²) >= 11 is 0. The zero-order valence-corrected chi connectivity index (χ0v) is 10.6. The van der Waals surface area contributed by atoms with Crippen LogP contribution in [0, 0.1) is 13.8 Å². The summed E-state index contributed by atoms with van der Waals surface area (Å²) in [6.07, 6.45) is 1.15. The van der Waals surface area contributed by atoms with E-state index in [4.69, 9.17) is 4.84 Å². The first-order valence-corrected chi connectivity index (χ1v) is 5.27. The molecule has 0 fully saturated rings. The van der Waals surface area contributed by atoms with Gasteiger partial charge in [-0.05, 0) is 25.8 Å². The molecule has 0 spiro atoms. The molecular weight excluding hydrogens is 206 g/mol. The monoisotopic (exact) mass is 225 g/mol. The number of aromatic nitrogens is 2. The number of aryl methyl sites for hydroxylation is 2. The molecule has 1 aromatic heterocycles. The van der Waals surface area contributed by atoms with Crippen LogP contribution in [0.1, 0.15) is 23.4 Å². The molecule has 1 amide bonds. The minimum atomic E-state index is -0.0230. The van der Waals surface area contributed by atoms with Crippen molar-refractivity contribution < 1.29 is 9.63 Å². The largest absolute Gasteiger partial charge is 0.275 e. The fourth-order valence-corrected chi connectivity index (χ4v) is 1.67. The molecule has 0 aromatic carbocycles. The maximum absolute atomic E-state index is 11.6. The number of amides is 1. The molecule has 5 nitrogen and oxygen atoms in total. The molecule has 0 saturated heterocycles. The number of carbonyl (C=O) groups is 1. The van der Waals surface area contributed by atoms with Gasteiger partial charge in [-0.25, -0.2) is 5.06 Å². The summed E-state index contributed by atoms with van der Waals surface area (Å²) in [4.78, 5) is 16.4. The van der Waals surface area contributed by atoms with Gasteiger partial charge in [0.15, 0.2) is 0 Å². The quantitative estimate of drug-likeness (QED) is 0.718. The first kappa shape index (κ1) is 12.7. The van der Waals surface area contributed by atoms with Crippen LogP contribution in [0.4, 0.5) is 0 Å². The second-order valence-electron chi connectivity index (χ2n) is 3.85. The van der Waals surface area contributed by atoms with Crippen LogP contribution < -0.4 is 0 Å². The Kier molecular flexibility index (Phi) is 4.06. The lowest BCUT2D eigenvalue weighted by atomic mass is 10.1. The Morgan fingerprint density at radius 3 is 2.56 bits per heavy atom. The van der Waals surface area contributed by atoms with Crippen LogP contribution in [0.25, 0.3) is 0 Å². The number of nitrogens with zero attached hydrogens (tertiary/aromatic N) is 3. The van der Waals surface area contributed by atoms with Crippen LogP contribution in [-0.4, -0.2) is 34.9 Å². The van der Waals surface area contributed by atoms with E-state index < -0.39 is 0 Å². The number of hydrogen-bond donors (Lipinski definition) is 0. The highest BCUT2D eigenvalue weighted by atomic mass is 16.7. The zero-order chi connectivity index (χ0) is 12.3. The van der Waals surface area contributed by atoms with Crippen LogP contribution in [0.2, 0.25) is 0 Å². The van der Waals surface area contributed by atoms with Gasteiger partial charge in [-0.2, -0.15) is 5.10 Å². The third-order valence-electron chi connectivity index (χ3n) is 2.87. The molecule has 90 valence electrons. The Hall–Kier alpha value is -1.36. The molecule has 0 unspecified atom stereocenters. The van der Waals surface area contributed by atoms with Gasteiger partial charge in [-0.3, -0.25) is 14.3 Å². The average molecular weight is 225 g/mol. The molecule has 0 aliphatic rings. The minimum Gasteiger partial charge on any atom is -0.275 e. The van der Waals surface area contributed by atoms with Crippen molar-refractivity contribution >= 4 is 5.91 Å².